The van der Waals surface area contributed by atoms with Crippen molar-refractivity contribution in [2.24, 2.45) is 0 Å². The Kier molecular flexibility index (Phi) is 4.74. The molecule has 0 radical (unpaired) electrons. The summed E-state index contributed by atoms with van der Waals surface area (Å²) in [5, 5.41) is 0. The fourth-order valence-electron chi connectivity index (χ4n) is 1.10. The lowest BCUT2D eigenvalue weighted by Crippen LogP contribution is -1.99. The molecule has 0 heterocycles. The standard InChI is InChI=1S/C11H14ClFO/c1-2-3-6-14-11-7-10(13)5-4-9(11)8-12/h4-5,7H,2-3,6,8H2,1H3. The van der Waals surface area contributed by atoms with E-state index in [1.165, 1.54) is 12.1 Å². The molecule has 3 heteroatoms. The topological polar surface area (TPSA) is 9.23 Å². The van der Waals surface area contributed by atoms with Gasteiger partial charge in [-0.25, -0.2) is 4.39 Å². The highest BCUT2D eigenvalue weighted by molar-refractivity contribution is 6.17. The van der Waals surface area contributed by atoms with Gasteiger partial charge in [-0.1, -0.05) is 19.4 Å². The molecule has 0 N–H and O–H groups in total. The van der Waals surface area contributed by atoms with Crippen molar-refractivity contribution in [2.75, 3.05) is 6.61 Å². The maximum atomic E-state index is 12.9. The Morgan fingerprint density at radius 1 is 1.43 bits per heavy atom. The van der Waals surface area contributed by atoms with Crippen molar-refractivity contribution in [1.82, 2.24) is 0 Å². The second-order valence-electron chi connectivity index (χ2n) is 3.09. The van der Waals surface area contributed by atoms with Crippen LogP contribution in [0.2, 0.25) is 0 Å². The predicted molar refractivity (Wildman–Crippen MR) is 56.4 cm³/mol. The Hall–Kier alpha value is -0.760. The van der Waals surface area contributed by atoms with Gasteiger partial charge in [0.15, 0.2) is 0 Å². The quantitative estimate of drug-likeness (QED) is 0.538. The van der Waals surface area contributed by atoms with E-state index in [1.54, 1.807) is 6.07 Å². The van der Waals surface area contributed by atoms with Gasteiger partial charge in [0.25, 0.3) is 0 Å². The number of alkyl halides is 1. The number of unbranched alkanes of at least 4 members (excludes halogenated alkanes) is 1. The second-order valence-corrected chi connectivity index (χ2v) is 3.35. The van der Waals surface area contributed by atoms with Crippen LogP contribution in [0.4, 0.5) is 4.39 Å². The smallest absolute Gasteiger partial charge is 0.126 e. The lowest BCUT2D eigenvalue weighted by atomic mass is 10.2. The number of hydrogen-bond acceptors (Lipinski definition) is 1. The van der Waals surface area contributed by atoms with Gasteiger partial charge < -0.3 is 4.74 Å². The average molecular weight is 217 g/mol. The minimum Gasteiger partial charge on any atom is -0.493 e. The minimum atomic E-state index is -0.287. The van der Waals surface area contributed by atoms with E-state index in [9.17, 15) is 4.39 Å². The number of hydrogen-bond donors (Lipinski definition) is 0. The van der Waals surface area contributed by atoms with E-state index in [1.807, 2.05) is 0 Å². The summed E-state index contributed by atoms with van der Waals surface area (Å²) in [6, 6.07) is 4.43. The van der Waals surface area contributed by atoms with Crippen LogP contribution in [0.5, 0.6) is 5.75 Å². The van der Waals surface area contributed by atoms with E-state index in [0.29, 0.717) is 18.2 Å². The van der Waals surface area contributed by atoms with Gasteiger partial charge in [-0.3, -0.25) is 0 Å². The molecule has 0 aliphatic rings. The molecule has 0 spiro atoms. The van der Waals surface area contributed by atoms with Gasteiger partial charge in [0.05, 0.1) is 12.5 Å². The number of halogens is 2. The first-order valence-electron chi connectivity index (χ1n) is 4.75. The molecular formula is C11H14ClFO. The zero-order valence-electron chi connectivity index (χ0n) is 8.22. The highest BCUT2D eigenvalue weighted by Crippen LogP contribution is 2.21. The van der Waals surface area contributed by atoms with E-state index >= 15 is 0 Å². The van der Waals surface area contributed by atoms with Crippen LogP contribution in [0.3, 0.4) is 0 Å². The maximum absolute atomic E-state index is 12.9. The summed E-state index contributed by atoms with van der Waals surface area (Å²) in [5.41, 5.74) is 0.837. The third-order valence-corrected chi connectivity index (χ3v) is 2.22. The Labute approximate surface area is 88.8 Å². The number of ether oxygens (including phenoxy) is 1. The maximum Gasteiger partial charge on any atom is 0.126 e. The summed E-state index contributed by atoms with van der Waals surface area (Å²) in [5.74, 6) is 0.626. The summed E-state index contributed by atoms with van der Waals surface area (Å²) in [6.45, 7) is 2.70. The lowest BCUT2D eigenvalue weighted by molar-refractivity contribution is 0.305. The molecule has 78 valence electrons. The predicted octanol–water partition coefficient (Wildman–Crippen LogP) is 3.74. The molecule has 0 aliphatic carbocycles. The Morgan fingerprint density at radius 2 is 2.21 bits per heavy atom. The van der Waals surface area contributed by atoms with Crippen LogP contribution >= 0.6 is 11.6 Å². The fourth-order valence-corrected chi connectivity index (χ4v) is 1.32. The molecule has 1 aromatic carbocycles. The highest BCUT2D eigenvalue weighted by Gasteiger charge is 2.03. The van der Waals surface area contributed by atoms with E-state index in [2.05, 4.69) is 6.92 Å². The first-order valence-corrected chi connectivity index (χ1v) is 5.28. The molecule has 0 atom stereocenters. The van der Waals surface area contributed by atoms with Crippen molar-refractivity contribution in [1.29, 1.82) is 0 Å². The molecule has 1 nitrogen and oxygen atoms in total. The molecule has 0 amide bonds. The molecule has 14 heavy (non-hydrogen) atoms. The molecular weight excluding hydrogens is 203 g/mol. The van der Waals surface area contributed by atoms with Gasteiger partial charge in [-0.2, -0.15) is 0 Å². The molecule has 0 saturated heterocycles. The molecule has 0 aromatic heterocycles. The van der Waals surface area contributed by atoms with Crippen LogP contribution in [0.25, 0.3) is 0 Å². The van der Waals surface area contributed by atoms with E-state index in [-0.39, 0.29) is 5.82 Å². The molecule has 0 aliphatic heterocycles. The summed E-state index contributed by atoms with van der Waals surface area (Å²) in [6.07, 6.45) is 2.03. The van der Waals surface area contributed by atoms with Crippen LogP contribution in [-0.4, -0.2) is 6.61 Å². The van der Waals surface area contributed by atoms with E-state index < -0.39 is 0 Å². The van der Waals surface area contributed by atoms with Crippen molar-refractivity contribution in [3.05, 3.63) is 29.6 Å². The zero-order chi connectivity index (χ0) is 10.4. The summed E-state index contributed by atoms with van der Waals surface area (Å²) >= 11 is 5.69. The number of rotatable bonds is 5. The van der Waals surface area contributed by atoms with E-state index in [4.69, 9.17) is 16.3 Å². The van der Waals surface area contributed by atoms with Crippen molar-refractivity contribution in [3.63, 3.8) is 0 Å². The molecule has 0 saturated carbocycles. The summed E-state index contributed by atoms with van der Waals surface area (Å²) < 4.78 is 18.3. The molecule has 0 unspecified atom stereocenters. The van der Waals surface area contributed by atoms with Gasteiger partial charge in [-0.15, -0.1) is 11.6 Å². The zero-order valence-corrected chi connectivity index (χ0v) is 8.98. The summed E-state index contributed by atoms with van der Waals surface area (Å²) in [4.78, 5) is 0. The van der Waals surface area contributed by atoms with Crippen molar-refractivity contribution >= 4 is 11.6 Å². The first-order chi connectivity index (χ1) is 6.77. The van der Waals surface area contributed by atoms with Gasteiger partial charge in [0.1, 0.15) is 11.6 Å². The van der Waals surface area contributed by atoms with Crippen molar-refractivity contribution in [3.8, 4) is 5.75 Å². The van der Waals surface area contributed by atoms with Crippen molar-refractivity contribution < 1.29 is 9.13 Å². The molecule has 0 bridgehead atoms. The van der Waals surface area contributed by atoms with Crippen LogP contribution in [-0.2, 0) is 5.88 Å². The largest absolute Gasteiger partial charge is 0.493 e. The van der Waals surface area contributed by atoms with E-state index in [0.717, 1.165) is 18.4 Å². The SMILES string of the molecule is CCCCOc1cc(F)ccc1CCl. The molecule has 1 rings (SSSR count). The van der Waals surface area contributed by atoms with Crippen molar-refractivity contribution in [2.45, 2.75) is 25.6 Å². The molecule has 0 fully saturated rings. The van der Waals surface area contributed by atoms with Crippen LogP contribution < -0.4 is 4.74 Å². The first kappa shape index (κ1) is 11.3. The third kappa shape index (κ3) is 3.18. The third-order valence-electron chi connectivity index (χ3n) is 1.93. The monoisotopic (exact) mass is 216 g/mol. The lowest BCUT2D eigenvalue weighted by Gasteiger charge is -2.09. The number of benzene rings is 1. The highest BCUT2D eigenvalue weighted by atomic mass is 35.5. The summed E-state index contributed by atoms with van der Waals surface area (Å²) in [7, 11) is 0. The fraction of sp³-hybridized carbons (Fsp3) is 0.455. The van der Waals surface area contributed by atoms with Gasteiger partial charge in [-0.05, 0) is 12.5 Å². The Balaban J connectivity index is 2.67. The van der Waals surface area contributed by atoms with Crippen LogP contribution in [0.15, 0.2) is 18.2 Å². The second kappa shape index (κ2) is 5.86. The normalized spacial score (nSPS) is 10.2. The Bertz CT molecular complexity index is 289. The van der Waals surface area contributed by atoms with Gasteiger partial charge >= 0.3 is 0 Å². The molecule has 1 aromatic rings. The minimum absolute atomic E-state index is 0.287. The Morgan fingerprint density at radius 3 is 2.86 bits per heavy atom. The van der Waals surface area contributed by atoms with Gasteiger partial charge in [0.2, 0.25) is 0 Å². The average Bonchev–Trinajstić information content (AvgIpc) is 2.19. The van der Waals surface area contributed by atoms with Crippen LogP contribution in [0, 0.1) is 5.82 Å². The van der Waals surface area contributed by atoms with Gasteiger partial charge in [0, 0.05) is 11.6 Å². The van der Waals surface area contributed by atoms with Crippen LogP contribution in [0.1, 0.15) is 25.3 Å².